The first-order chi connectivity index (χ1) is 4.99. The van der Waals surface area contributed by atoms with Crippen LogP contribution in [0, 0.1) is 11.8 Å². The van der Waals surface area contributed by atoms with E-state index in [1.54, 1.807) is 14.0 Å². The van der Waals surface area contributed by atoms with Gasteiger partial charge in [0, 0.05) is 13.0 Å². The molecule has 2 atom stereocenters. The summed E-state index contributed by atoms with van der Waals surface area (Å²) in [6.07, 6.45) is 1.01. The molecule has 11 heavy (non-hydrogen) atoms. The fourth-order valence-electron chi connectivity index (χ4n) is 1.56. The lowest BCUT2D eigenvalue weighted by molar-refractivity contribution is -0.119. The third-order valence-electron chi connectivity index (χ3n) is 2.73. The van der Waals surface area contributed by atoms with E-state index in [2.05, 4.69) is 0 Å². The Morgan fingerprint density at radius 2 is 2.09 bits per heavy atom. The fourth-order valence-corrected chi connectivity index (χ4v) is 1.56. The zero-order valence-corrected chi connectivity index (χ0v) is 7.68. The molecule has 64 valence electrons. The van der Waals surface area contributed by atoms with Crippen molar-refractivity contribution in [3.63, 3.8) is 0 Å². The molecule has 0 spiro atoms. The number of hydrogen-bond donors (Lipinski definition) is 0. The van der Waals surface area contributed by atoms with Crippen LogP contribution < -0.4 is 0 Å². The fraction of sp³-hybridized carbons (Fsp3) is 0.889. The van der Waals surface area contributed by atoms with Gasteiger partial charge in [-0.1, -0.05) is 0 Å². The van der Waals surface area contributed by atoms with E-state index in [-0.39, 0.29) is 11.5 Å². The van der Waals surface area contributed by atoms with Crippen molar-refractivity contribution in [2.75, 3.05) is 7.11 Å². The summed E-state index contributed by atoms with van der Waals surface area (Å²) in [6.45, 7) is 5.75. The van der Waals surface area contributed by atoms with Crippen LogP contribution in [0.2, 0.25) is 0 Å². The number of ether oxygens (including phenoxy) is 1. The Morgan fingerprint density at radius 1 is 1.55 bits per heavy atom. The van der Waals surface area contributed by atoms with Gasteiger partial charge in [0.2, 0.25) is 0 Å². The molecular weight excluding hydrogens is 140 g/mol. The highest BCUT2D eigenvalue weighted by Gasteiger charge is 2.50. The Bertz CT molecular complexity index is 172. The van der Waals surface area contributed by atoms with E-state index in [4.69, 9.17) is 4.74 Å². The molecule has 1 fully saturated rings. The Hall–Kier alpha value is -0.370. The molecule has 1 aliphatic rings. The van der Waals surface area contributed by atoms with E-state index >= 15 is 0 Å². The Morgan fingerprint density at radius 3 is 2.36 bits per heavy atom. The maximum absolute atomic E-state index is 10.9. The van der Waals surface area contributed by atoms with Gasteiger partial charge in [0.25, 0.3) is 0 Å². The molecule has 0 heterocycles. The SMILES string of the molecule is COC(C)(C)C1CC1C(C)=O. The summed E-state index contributed by atoms with van der Waals surface area (Å²) in [5, 5.41) is 0. The normalized spacial score (nSPS) is 30.2. The average molecular weight is 156 g/mol. The first-order valence-corrected chi connectivity index (χ1v) is 4.04. The minimum Gasteiger partial charge on any atom is -0.379 e. The van der Waals surface area contributed by atoms with Gasteiger partial charge in [0.15, 0.2) is 0 Å². The van der Waals surface area contributed by atoms with Crippen LogP contribution in [0.3, 0.4) is 0 Å². The van der Waals surface area contributed by atoms with E-state index in [1.165, 1.54) is 0 Å². The molecule has 0 aliphatic heterocycles. The van der Waals surface area contributed by atoms with Crippen molar-refractivity contribution >= 4 is 5.78 Å². The van der Waals surface area contributed by atoms with Crippen LogP contribution in [0.5, 0.6) is 0 Å². The standard InChI is InChI=1S/C9H16O2/c1-6(10)7-5-8(7)9(2,3)11-4/h7-8H,5H2,1-4H3. The van der Waals surface area contributed by atoms with Crippen LogP contribution in [0.1, 0.15) is 27.2 Å². The van der Waals surface area contributed by atoms with Crippen molar-refractivity contribution in [2.45, 2.75) is 32.8 Å². The van der Waals surface area contributed by atoms with E-state index in [1.807, 2.05) is 13.8 Å². The van der Waals surface area contributed by atoms with Crippen molar-refractivity contribution in [2.24, 2.45) is 11.8 Å². The molecule has 1 saturated carbocycles. The minimum atomic E-state index is -0.115. The summed E-state index contributed by atoms with van der Waals surface area (Å²) in [5.41, 5.74) is -0.115. The lowest BCUT2D eigenvalue weighted by Crippen LogP contribution is -2.27. The number of carbonyl (C=O) groups is 1. The summed E-state index contributed by atoms with van der Waals surface area (Å²) < 4.78 is 5.29. The van der Waals surface area contributed by atoms with Crippen LogP contribution in [0.15, 0.2) is 0 Å². The number of carbonyl (C=O) groups excluding carboxylic acids is 1. The van der Waals surface area contributed by atoms with Gasteiger partial charge in [0.1, 0.15) is 5.78 Å². The van der Waals surface area contributed by atoms with Crippen LogP contribution >= 0.6 is 0 Å². The average Bonchev–Trinajstić information content (AvgIpc) is 2.65. The molecule has 0 aromatic heterocycles. The molecule has 1 rings (SSSR count). The van der Waals surface area contributed by atoms with E-state index in [0.717, 1.165) is 6.42 Å². The molecular formula is C9H16O2. The van der Waals surface area contributed by atoms with Gasteiger partial charge in [-0.2, -0.15) is 0 Å². The second-order valence-electron chi connectivity index (χ2n) is 3.87. The molecule has 2 heteroatoms. The minimum absolute atomic E-state index is 0.115. The summed E-state index contributed by atoms with van der Waals surface area (Å²) in [6, 6.07) is 0. The van der Waals surface area contributed by atoms with Crippen molar-refractivity contribution in [3.05, 3.63) is 0 Å². The Balaban J connectivity index is 2.49. The molecule has 0 aromatic rings. The second kappa shape index (κ2) is 2.59. The van der Waals surface area contributed by atoms with Gasteiger partial charge in [-0.3, -0.25) is 4.79 Å². The van der Waals surface area contributed by atoms with Gasteiger partial charge in [-0.25, -0.2) is 0 Å². The highest BCUT2D eigenvalue weighted by Crippen LogP contribution is 2.47. The Labute approximate surface area is 67.9 Å². The molecule has 0 bridgehead atoms. The molecule has 2 unspecified atom stereocenters. The highest BCUT2D eigenvalue weighted by molar-refractivity contribution is 5.81. The Kier molecular flexibility index (Phi) is 2.06. The monoisotopic (exact) mass is 156 g/mol. The van der Waals surface area contributed by atoms with Gasteiger partial charge in [0.05, 0.1) is 5.60 Å². The predicted octanol–water partition coefficient (Wildman–Crippen LogP) is 1.64. The number of ketones is 1. The molecule has 0 radical (unpaired) electrons. The smallest absolute Gasteiger partial charge is 0.133 e. The maximum atomic E-state index is 10.9. The zero-order chi connectivity index (χ0) is 8.65. The number of methoxy groups -OCH3 is 1. The van der Waals surface area contributed by atoms with Crippen molar-refractivity contribution in [1.29, 1.82) is 0 Å². The van der Waals surface area contributed by atoms with Crippen LogP contribution in [0.25, 0.3) is 0 Å². The summed E-state index contributed by atoms with van der Waals surface area (Å²) >= 11 is 0. The summed E-state index contributed by atoms with van der Waals surface area (Å²) in [7, 11) is 1.70. The lowest BCUT2D eigenvalue weighted by Gasteiger charge is -2.22. The molecule has 1 aliphatic carbocycles. The van der Waals surface area contributed by atoms with Gasteiger partial charge < -0.3 is 4.74 Å². The quantitative estimate of drug-likeness (QED) is 0.621. The molecule has 0 saturated heterocycles. The van der Waals surface area contributed by atoms with Crippen molar-refractivity contribution in [3.8, 4) is 0 Å². The van der Waals surface area contributed by atoms with E-state index in [9.17, 15) is 4.79 Å². The molecule has 2 nitrogen and oxygen atoms in total. The summed E-state index contributed by atoms with van der Waals surface area (Å²) in [4.78, 5) is 10.9. The van der Waals surface area contributed by atoms with Crippen LogP contribution in [-0.4, -0.2) is 18.5 Å². The van der Waals surface area contributed by atoms with Crippen molar-refractivity contribution in [1.82, 2.24) is 0 Å². The number of hydrogen-bond acceptors (Lipinski definition) is 2. The molecule has 0 amide bonds. The predicted molar refractivity (Wildman–Crippen MR) is 43.4 cm³/mol. The largest absolute Gasteiger partial charge is 0.379 e. The van der Waals surface area contributed by atoms with Crippen LogP contribution in [0.4, 0.5) is 0 Å². The number of rotatable bonds is 3. The first kappa shape index (κ1) is 8.72. The molecule has 0 N–H and O–H groups in total. The zero-order valence-electron chi connectivity index (χ0n) is 7.68. The van der Waals surface area contributed by atoms with Crippen molar-refractivity contribution < 1.29 is 9.53 Å². The maximum Gasteiger partial charge on any atom is 0.133 e. The van der Waals surface area contributed by atoms with Gasteiger partial charge >= 0.3 is 0 Å². The van der Waals surface area contributed by atoms with Gasteiger partial charge in [-0.15, -0.1) is 0 Å². The third kappa shape index (κ3) is 1.62. The van der Waals surface area contributed by atoms with Gasteiger partial charge in [-0.05, 0) is 33.1 Å². The summed E-state index contributed by atoms with van der Waals surface area (Å²) in [5.74, 6) is 1.02. The van der Waals surface area contributed by atoms with Crippen LogP contribution in [-0.2, 0) is 9.53 Å². The second-order valence-corrected chi connectivity index (χ2v) is 3.87. The van der Waals surface area contributed by atoms with E-state index in [0.29, 0.717) is 11.7 Å². The van der Waals surface area contributed by atoms with E-state index < -0.39 is 0 Å². The topological polar surface area (TPSA) is 26.3 Å². The number of Topliss-reactive ketones (excluding diaryl/α,β-unsaturated/α-hetero) is 1. The third-order valence-corrected chi connectivity index (χ3v) is 2.73. The molecule has 0 aromatic carbocycles. The lowest BCUT2D eigenvalue weighted by atomic mass is 10.0. The first-order valence-electron chi connectivity index (χ1n) is 4.04. The highest BCUT2D eigenvalue weighted by atomic mass is 16.5.